The van der Waals surface area contributed by atoms with E-state index >= 15 is 0 Å². The van der Waals surface area contributed by atoms with Gasteiger partial charge in [-0.1, -0.05) is 19.3 Å². The topological polar surface area (TPSA) is 53.9 Å². The highest BCUT2D eigenvalue weighted by Crippen LogP contribution is 2.51. The number of aromatic nitrogens is 3. The molecule has 0 aromatic carbocycles. The van der Waals surface area contributed by atoms with Crippen LogP contribution in [0.15, 0.2) is 36.8 Å². The highest BCUT2D eigenvalue weighted by Gasteiger charge is 2.45. The first-order chi connectivity index (χ1) is 13.3. The fourth-order valence-corrected chi connectivity index (χ4v) is 5.40. The molecule has 3 aliphatic rings. The molecule has 5 rings (SSSR count). The molecule has 1 spiro atoms. The highest BCUT2D eigenvalue weighted by atomic mass is 15.3. The van der Waals surface area contributed by atoms with Crippen LogP contribution in [0.25, 0.3) is 11.3 Å². The van der Waals surface area contributed by atoms with E-state index in [9.17, 15) is 0 Å². The first-order valence-electron chi connectivity index (χ1n) is 10.5. The maximum Gasteiger partial charge on any atom is 0.225 e. The molecule has 1 aliphatic heterocycles. The molecular formula is C22H29N5. The third-order valence-corrected chi connectivity index (χ3v) is 6.82. The lowest BCUT2D eigenvalue weighted by molar-refractivity contribution is 0.0345. The van der Waals surface area contributed by atoms with Gasteiger partial charge in [-0.3, -0.25) is 4.98 Å². The van der Waals surface area contributed by atoms with E-state index < -0.39 is 0 Å². The molecule has 0 bridgehead atoms. The van der Waals surface area contributed by atoms with Crippen LogP contribution >= 0.6 is 0 Å². The third-order valence-electron chi connectivity index (χ3n) is 6.82. The van der Waals surface area contributed by atoms with Crippen LogP contribution in [0.5, 0.6) is 0 Å². The number of pyridine rings is 1. The van der Waals surface area contributed by atoms with Gasteiger partial charge in [0.2, 0.25) is 5.95 Å². The van der Waals surface area contributed by atoms with E-state index in [1.54, 1.807) is 6.20 Å². The van der Waals surface area contributed by atoms with Gasteiger partial charge >= 0.3 is 0 Å². The minimum Gasteiger partial charge on any atom is -0.339 e. The molecule has 1 atom stereocenters. The standard InChI is InChI=1S/C22H29N5/c1-2-8-22(9-3-1)13-19(14-22)25-18-7-12-27(16-18)21-24-11-6-20(26-21)17-5-4-10-23-15-17/h4-6,10-11,15,18-19,25H,1-3,7-9,12-14,16H2. The van der Waals surface area contributed by atoms with E-state index in [1.165, 1.54) is 51.4 Å². The number of hydrogen-bond acceptors (Lipinski definition) is 5. The van der Waals surface area contributed by atoms with Crippen LogP contribution in [-0.2, 0) is 0 Å². The molecule has 0 radical (unpaired) electrons. The largest absolute Gasteiger partial charge is 0.339 e. The average molecular weight is 364 g/mol. The molecule has 1 saturated heterocycles. The summed E-state index contributed by atoms with van der Waals surface area (Å²) in [6, 6.07) is 7.26. The van der Waals surface area contributed by atoms with Crippen molar-refractivity contribution in [2.45, 2.75) is 63.5 Å². The lowest BCUT2D eigenvalue weighted by Gasteiger charge is -2.51. The van der Waals surface area contributed by atoms with Crippen molar-refractivity contribution >= 4 is 5.95 Å². The van der Waals surface area contributed by atoms with Crippen LogP contribution in [-0.4, -0.2) is 40.1 Å². The Morgan fingerprint density at radius 2 is 1.93 bits per heavy atom. The quantitative estimate of drug-likeness (QED) is 0.895. The van der Waals surface area contributed by atoms with Crippen molar-refractivity contribution in [1.82, 2.24) is 20.3 Å². The van der Waals surface area contributed by atoms with Gasteiger partial charge in [-0.2, -0.15) is 0 Å². The van der Waals surface area contributed by atoms with Crippen molar-refractivity contribution in [3.8, 4) is 11.3 Å². The average Bonchev–Trinajstić information content (AvgIpc) is 3.17. The predicted octanol–water partition coefficient (Wildman–Crippen LogP) is 3.82. The fourth-order valence-electron chi connectivity index (χ4n) is 5.40. The van der Waals surface area contributed by atoms with Gasteiger partial charge in [-0.25, -0.2) is 9.97 Å². The smallest absolute Gasteiger partial charge is 0.225 e. The number of rotatable bonds is 4. The monoisotopic (exact) mass is 363 g/mol. The second-order valence-corrected chi connectivity index (χ2v) is 8.75. The van der Waals surface area contributed by atoms with Crippen LogP contribution in [0.3, 0.4) is 0 Å². The third kappa shape index (κ3) is 3.57. The number of nitrogens with one attached hydrogen (secondary N) is 1. The van der Waals surface area contributed by atoms with Gasteiger partial charge in [-0.05, 0) is 55.7 Å². The van der Waals surface area contributed by atoms with E-state index in [0.717, 1.165) is 36.3 Å². The lowest BCUT2D eigenvalue weighted by Crippen LogP contribution is -2.53. The van der Waals surface area contributed by atoms with Gasteiger partial charge in [0.25, 0.3) is 0 Å². The summed E-state index contributed by atoms with van der Waals surface area (Å²) in [5, 5.41) is 3.93. The van der Waals surface area contributed by atoms with Gasteiger partial charge in [0, 0.05) is 49.3 Å². The summed E-state index contributed by atoms with van der Waals surface area (Å²) in [5.41, 5.74) is 2.69. The molecule has 142 valence electrons. The molecule has 2 aliphatic carbocycles. The lowest BCUT2D eigenvalue weighted by atomic mass is 9.58. The van der Waals surface area contributed by atoms with E-state index in [4.69, 9.17) is 4.98 Å². The zero-order valence-electron chi connectivity index (χ0n) is 16.0. The van der Waals surface area contributed by atoms with Gasteiger partial charge in [-0.15, -0.1) is 0 Å². The van der Waals surface area contributed by atoms with Crippen LogP contribution < -0.4 is 10.2 Å². The van der Waals surface area contributed by atoms with Crippen molar-refractivity contribution in [1.29, 1.82) is 0 Å². The normalized spacial score (nSPS) is 24.9. The Bertz CT molecular complexity index is 763. The zero-order valence-corrected chi connectivity index (χ0v) is 16.0. The van der Waals surface area contributed by atoms with Gasteiger partial charge in [0.05, 0.1) is 5.69 Å². The molecule has 5 heteroatoms. The molecule has 1 N–H and O–H groups in total. The molecule has 5 nitrogen and oxygen atoms in total. The molecule has 0 amide bonds. The SMILES string of the molecule is c1cncc(-c2ccnc(N3CCC(NC4CC5(CCCCC5)C4)C3)n2)c1. The Morgan fingerprint density at radius 1 is 1.04 bits per heavy atom. The Balaban J connectivity index is 1.18. The summed E-state index contributed by atoms with van der Waals surface area (Å²) in [5.74, 6) is 0.845. The van der Waals surface area contributed by atoms with Gasteiger partial charge in [0.1, 0.15) is 0 Å². The second-order valence-electron chi connectivity index (χ2n) is 8.75. The van der Waals surface area contributed by atoms with Crippen molar-refractivity contribution in [2.75, 3.05) is 18.0 Å². The minimum absolute atomic E-state index is 0.571. The molecule has 2 saturated carbocycles. The fraction of sp³-hybridized carbons (Fsp3) is 0.591. The Hall–Kier alpha value is -2.01. The van der Waals surface area contributed by atoms with E-state index in [0.29, 0.717) is 11.5 Å². The van der Waals surface area contributed by atoms with E-state index in [-0.39, 0.29) is 0 Å². The minimum atomic E-state index is 0.571. The Kier molecular flexibility index (Phi) is 4.56. The Morgan fingerprint density at radius 3 is 2.74 bits per heavy atom. The first kappa shape index (κ1) is 17.1. The molecule has 2 aromatic heterocycles. The van der Waals surface area contributed by atoms with Crippen LogP contribution in [0.4, 0.5) is 5.95 Å². The molecule has 27 heavy (non-hydrogen) atoms. The van der Waals surface area contributed by atoms with Gasteiger partial charge < -0.3 is 10.2 Å². The summed E-state index contributed by atoms with van der Waals surface area (Å²) in [6.45, 7) is 2.05. The van der Waals surface area contributed by atoms with Gasteiger partial charge in [0.15, 0.2) is 0 Å². The highest BCUT2D eigenvalue weighted by molar-refractivity contribution is 5.58. The molecular weight excluding hydrogens is 334 g/mol. The van der Waals surface area contributed by atoms with E-state index in [2.05, 4.69) is 20.2 Å². The van der Waals surface area contributed by atoms with Crippen molar-refractivity contribution in [3.05, 3.63) is 36.8 Å². The Labute approximate surface area is 161 Å². The molecule has 3 fully saturated rings. The number of anilines is 1. The molecule has 1 unspecified atom stereocenters. The van der Waals surface area contributed by atoms with Crippen molar-refractivity contribution in [3.63, 3.8) is 0 Å². The maximum absolute atomic E-state index is 4.79. The predicted molar refractivity (Wildman–Crippen MR) is 108 cm³/mol. The summed E-state index contributed by atoms with van der Waals surface area (Å²) in [6.07, 6.45) is 16.8. The van der Waals surface area contributed by atoms with Crippen LogP contribution in [0.2, 0.25) is 0 Å². The van der Waals surface area contributed by atoms with Crippen molar-refractivity contribution < 1.29 is 0 Å². The summed E-state index contributed by atoms with van der Waals surface area (Å²) in [4.78, 5) is 15.8. The molecule has 2 aromatic rings. The summed E-state index contributed by atoms with van der Waals surface area (Å²) >= 11 is 0. The van der Waals surface area contributed by atoms with Crippen LogP contribution in [0.1, 0.15) is 51.4 Å². The number of nitrogens with zero attached hydrogens (tertiary/aromatic N) is 4. The first-order valence-corrected chi connectivity index (χ1v) is 10.5. The van der Waals surface area contributed by atoms with E-state index in [1.807, 2.05) is 30.6 Å². The molecule has 3 heterocycles. The summed E-state index contributed by atoms with van der Waals surface area (Å²) < 4.78 is 0. The van der Waals surface area contributed by atoms with Crippen molar-refractivity contribution in [2.24, 2.45) is 5.41 Å². The maximum atomic E-state index is 4.79. The number of hydrogen-bond donors (Lipinski definition) is 1. The second kappa shape index (κ2) is 7.19. The van der Waals surface area contributed by atoms with Crippen LogP contribution in [0, 0.1) is 5.41 Å². The zero-order chi connectivity index (χ0) is 18.1. The summed E-state index contributed by atoms with van der Waals surface area (Å²) in [7, 11) is 0.